The van der Waals surface area contributed by atoms with Gasteiger partial charge in [-0.15, -0.1) is 12.4 Å². The minimum atomic E-state index is -0.800. The van der Waals surface area contributed by atoms with Crippen molar-refractivity contribution in [3.63, 3.8) is 0 Å². The lowest BCUT2D eigenvalue weighted by atomic mass is 9.82. The van der Waals surface area contributed by atoms with Crippen LogP contribution in [0.2, 0.25) is 0 Å². The molecule has 156 valence electrons. The molecular weight excluding hydrogens is 394 g/mol. The second kappa shape index (κ2) is 10.1. The molecule has 1 saturated heterocycles. The Morgan fingerprint density at radius 2 is 1.59 bits per heavy atom. The van der Waals surface area contributed by atoms with Crippen LogP contribution >= 0.6 is 12.4 Å². The zero-order chi connectivity index (χ0) is 20.0. The Kier molecular flexibility index (Phi) is 7.87. The van der Waals surface area contributed by atoms with Crippen molar-refractivity contribution in [3.8, 4) is 11.5 Å². The molecule has 8 heteroatoms. The summed E-state index contributed by atoms with van der Waals surface area (Å²) >= 11 is 0. The molecule has 2 aromatic carbocycles. The maximum atomic E-state index is 13.0. The number of benzene rings is 2. The Morgan fingerprint density at radius 1 is 1.00 bits per heavy atom. The summed E-state index contributed by atoms with van der Waals surface area (Å²) < 4.78 is 10.4. The molecule has 1 heterocycles. The van der Waals surface area contributed by atoms with Gasteiger partial charge in [0, 0.05) is 36.5 Å². The van der Waals surface area contributed by atoms with Crippen LogP contribution in [-0.2, 0) is 9.59 Å². The number of anilines is 2. The molecule has 1 aliphatic rings. The smallest absolute Gasteiger partial charge is 0.232 e. The van der Waals surface area contributed by atoms with Gasteiger partial charge < -0.3 is 25.4 Å². The van der Waals surface area contributed by atoms with Gasteiger partial charge in [0.05, 0.1) is 19.6 Å². The van der Waals surface area contributed by atoms with Crippen LogP contribution < -0.4 is 25.4 Å². The average molecular weight is 420 g/mol. The highest BCUT2D eigenvalue weighted by molar-refractivity contribution is 6.01. The first kappa shape index (κ1) is 22.5. The number of hydrogen-bond donors (Lipinski definition) is 3. The molecule has 2 aromatic rings. The summed E-state index contributed by atoms with van der Waals surface area (Å²) in [6.45, 7) is 1.15. The fraction of sp³-hybridized carbons (Fsp3) is 0.333. The molecule has 7 nitrogen and oxygen atoms in total. The van der Waals surface area contributed by atoms with E-state index in [0.717, 1.165) is 0 Å². The minimum Gasteiger partial charge on any atom is -0.497 e. The molecule has 0 aliphatic carbocycles. The highest BCUT2D eigenvalue weighted by Gasteiger charge is 2.43. The van der Waals surface area contributed by atoms with Crippen LogP contribution in [0.4, 0.5) is 11.4 Å². The molecule has 2 amide bonds. The molecule has 0 spiro atoms. The van der Waals surface area contributed by atoms with Crippen LogP contribution in [0.25, 0.3) is 0 Å². The number of methoxy groups -OCH3 is 2. The van der Waals surface area contributed by atoms with Crippen molar-refractivity contribution < 1.29 is 19.1 Å². The SMILES string of the molecule is COc1cccc(NC(=O)CC2(C(=O)Nc3cccc(OC)c3)CCNC2)c1.Cl. The summed E-state index contributed by atoms with van der Waals surface area (Å²) in [6.07, 6.45) is 0.682. The monoisotopic (exact) mass is 419 g/mol. The predicted molar refractivity (Wildman–Crippen MR) is 115 cm³/mol. The summed E-state index contributed by atoms with van der Waals surface area (Å²) in [4.78, 5) is 25.7. The lowest BCUT2D eigenvalue weighted by molar-refractivity contribution is -0.129. The van der Waals surface area contributed by atoms with Gasteiger partial charge in [0.2, 0.25) is 11.8 Å². The minimum absolute atomic E-state index is 0. The summed E-state index contributed by atoms with van der Waals surface area (Å²) in [6, 6.07) is 14.3. The van der Waals surface area contributed by atoms with E-state index >= 15 is 0 Å². The molecule has 0 aromatic heterocycles. The molecule has 0 saturated carbocycles. The molecule has 1 aliphatic heterocycles. The van der Waals surface area contributed by atoms with Crippen LogP contribution in [0, 0.1) is 5.41 Å². The lowest BCUT2D eigenvalue weighted by Gasteiger charge is -2.26. The lowest BCUT2D eigenvalue weighted by Crippen LogP contribution is -2.41. The van der Waals surface area contributed by atoms with Gasteiger partial charge in [-0.25, -0.2) is 0 Å². The van der Waals surface area contributed by atoms with Gasteiger partial charge in [-0.3, -0.25) is 9.59 Å². The van der Waals surface area contributed by atoms with E-state index in [0.29, 0.717) is 42.4 Å². The third kappa shape index (κ3) is 5.62. The predicted octanol–water partition coefficient (Wildman–Crippen LogP) is 3.07. The van der Waals surface area contributed by atoms with E-state index in [4.69, 9.17) is 9.47 Å². The third-order valence-corrected chi connectivity index (χ3v) is 4.91. The van der Waals surface area contributed by atoms with Crippen molar-refractivity contribution in [3.05, 3.63) is 48.5 Å². The Balaban J connectivity index is 0.00000300. The van der Waals surface area contributed by atoms with E-state index in [1.807, 2.05) is 12.1 Å². The Morgan fingerprint density at radius 3 is 2.10 bits per heavy atom. The summed E-state index contributed by atoms with van der Waals surface area (Å²) in [5.41, 5.74) is 0.481. The second-order valence-corrected chi connectivity index (χ2v) is 6.85. The maximum absolute atomic E-state index is 13.0. The van der Waals surface area contributed by atoms with Gasteiger partial charge >= 0.3 is 0 Å². The van der Waals surface area contributed by atoms with Gasteiger partial charge in [0.1, 0.15) is 11.5 Å². The van der Waals surface area contributed by atoms with Crippen molar-refractivity contribution in [1.29, 1.82) is 0 Å². The van der Waals surface area contributed by atoms with Gasteiger partial charge in [-0.1, -0.05) is 12.1 Å². The molecule has 1 atom stereocenters. The fourth-order valence-corrected chi connectivity index (χ4v) is 3.35. The van der Waals surface area contributed by atoms with Crippen molar-refractivity contribution in [2.24, 2.45) is 5.41 Å². The van der Waals surface area contributed by atoms with Crippen LogP contribution in [-0.4, -0.2) is 39.1 Å². The summed E-state index contributed by atoms with van der Waals surface area (Å²) in [5, 5.41) is 8.99. The van der Waals surface area contributed by atoms with E-state index in [9.17, 15) is 9.59 Å². The Hall–Kier alpha value is -2.77. The van der Waals surface area contributed by atoms with Crippen molar-refractivity contribution >= 4 is 35.6 Å². The topological polar surface area (TPSA) is 88.7 Å². The number of nitrogens with one attached hydrogen (secondary N) is 3. The van der Waals surface area contributed by atoms with Crippen molar-refractivity contribution in [1.82, 2.24) is 5.32 Å². The molecular formula is C21H26ClN3O4. The largest absolute Gasteiger partial charge is 0.497 e. The molecule has 3 N–H and O–H groups in total. The molecule has 0 radical (unpaired) electrons. The highest BCUT2D eigenvalue weighted by Crippen LogP contribution is 2.32. The number of carbonyl (C=O) groups is 2. The third-order valence-electron chi connectivity index (χ3n) is 4.91. The van der Waals surface area contributed by atoms with E-state index in [1.165, 1.54) is 0 Å². The Bertz CT molecular complexity index is 853. The molecule has 1 unspecified atom stereocenters. The zero-order valence-corrected chi connectivity index (χ0v) is 17.3. The van der Waals surface area contributed by atoms with Crippen molar-refractivity contribution in [2.45, 2.75) is 12.8 Å². The Labute approximate surface area is 176 Å². The van der Waals surface area contributed by atoms with E-state index < -0.39 is 5.41 Å². The van der Waals surface area contributed by atoms with Crippen LogP contribution in [0.3, 0.4) is 0 Å². The summed E-state index contributed by atoms with van der Waals surface area (Å²) in [7, 11) is 3.15. The van der Waals surface area contributed by atoms with E-state index in [2.05, 4.69) is 16.0 Å². The molecule has 29 heavy (non-hydrogen) atoms. The number of carbonyl (C=O) groups excluding carboxylic acids is 2. The molecule has 3 rings (SSSR count). The zero-order valence-electron chi connectivity index (χ0n) is 16.5. The van der Waals surface area contributed by atoms with Crippen LogP contribution in [0.5, 0.6) is 11.5 Å². The van der Waals surface area contributed by atoms with Gasteiger partial charge in [0.25, 0.3) is 0 Å². The van der Waals surface area contributed by atoms with Crippen LogP contribution in [0.1, 0.15) is 12.8 Å². The van der Waals surface area contributed by atoms with E-state index in [1.54, 1.807) is 50.6 Å². The van der Waals surface area contributed by atoms with E-state index in [-0.39, 0.29) is 30.6 Å². The normalized spacial score (nSPS) is 17.7. The fourth-order valence-electron chi connectivity index (χ4n) is 3.35. The number of ether oxygens (including phenoxy) is 2. The maximum Gasteiger partial charge on any atom is 0.232 e. The summed E-state index contributed by atoms with van der Waals surface area (Å²) in [5.74, 6) is 0.933. The standard InChI is InChI=1S/C21H25N3O4.ClH/c1-27-17-7-3-5-15(11-17)23-19(25)13-21(9-10-22-14-21)20(26)24-16-6-4-8-18(12-16)28-2;/h3-8,11-12,22H,9-10,13-14H2,1-2H3,(H,23,25)(H,24,26);1H. The number of halogens is 1. The quantitative estimate of drug-likeness (QED) is 0.641. The highest BCUT2D eigenvalue weighted by atomic mass is 35.5. The van der Waals surface area contributed by atoms with Crippen molar-refractivity contribution in [2.75, 3.05) is 37.9 Å². The number of amides is 2. The van der Waals surface area contributed by atoms with Gasteiger partial charge in [-0.05, 0) is 37.2 Å². The number of rotatable bonds is 7. The molecule has 1 fully saturated rings. The molecule has 0 bridgehead atoms. The van der Waals surface area contributed by atoms with Crippen LogP contribution in [0.15, 0.2) is 48.5 Å². The second-order valence-electron chi connectivity index (χ2n) is 6.85. The first-order chi connectivity index (χ1) is 13.5. The number of hydrogen-bond acceptors (Lipinski definition) is 5. The first-order valence-electron chi connectivity index (χ1n) is 9.15. The first-order valence-corrected chi connectivity index (χ1v) is 9.15. The average Bonchev–Trinajstić information content (AvgIpc) is 3.17. The van der Waals surface area contributed by atoms with Gasteiger partial charge in [0.15, 0.2) is 0 Å². The van der Waals surface area contributed by atoms with Gasteiger partial charge in [-0.2, -0.15) is 0 Å².